The largest absolute Gasteiger partial charge is 0.386 e. The summed E-state index contributed by atoms with van der Waals surface area (Å²) in [5.74, 6) is 0. The molecule has 2 atom stereocenters. The first kappa shape index (κ1) is 20.5. The smallest absolute Gasteiger partial charge is 0.0806 e. The van der Waals surface area contributed by atoms with Crippen molar-refractivity contribution < 1.29 is 0 Å². The van der Waals surface area contributed by atoms with Crippen molar-refractivity contribution in [3.8, 4) is 0 Å². The Morgan fingerprint density at radius 2 is 1.96 bits per heavy atom. The van der Waals surface area contributed by atoms with Crippen LogP contribution in [0.4, 0.5) is 0 Å². The third-order valence-corrected chi connectivity index (χ3v) is 4.23. The summed E-state index contributed by atoms with van der Waals surface area (Å²) >= 11 is 0. The lowest BCUT2D eigenvalue weighted by Crippen LogP contribution is -2.34. The van der Waals surface area contributed by atoms with E-state index in [1.54, 1.807) is 0 Å². The van der Waals surface area contributed by atoms with Crippen LogP contribution in [0.15, 0.2) is 40.7 Å². The van der Waals surface area contributed by atoms with E-state index in [2.05, 4.69) is 69.0 Å². The van der Waals surface area contributed by atoms with Crippen molar-refractivity contribution >= 4 is 5.71 Å². The Morgan fingerprint density at radius 1 is 1.25 bits per heavy atom. The molecule has 1 aliphatic rings. The van der Waals surface area contributed by atoms with Crippen LogP contribution in [0.3, 0.4) is 0 Å². The first-order chi connectivity index (χ1) is 11.5. The normalized spacial score (nSPS) is 17.1. The van der Waals surface area contributed by atoms with Gasteiger partial charge in [-0.15, -0.1) is 0 Å². The summed E-state index contributed by atoms with van der Waals surface area (Å²) in [4.78, 5) is 4.66. The summed E-state index contributed by atoms with van der Waals surface area (Å²) in [6.07, 6.45) is 11.1. The molecule has 0 spiro atoms. The van der Waals surface area contributed by atoms with Crippen LogP contribution in [-0.2, 0) is 0 Å². The first-order valence-corrected chi connectivity index (χ1v) is 9.63. The van der Waals surface area contributed by atoms with Crippen molar-refractivity contribution in [3.05, 3.63) is 35.7 Å². The quantitative estimate of drug-likeness (QED) is 0.520. The molecule has 0 saturated heterocycles. The number of hydrogen-bond acceptors (Lipinski definition) is 3. The molecule has 1 heterocycles. The predicted molar refractivity (Wildman–Crippen MR) is 108 cm³/mol. The van der Waals surface area contributed by atoms with Gasteiger partial charge < -0.3 is 10.6 Å². The van der Waals surface area contributed by atoms with Crippen LogP contribution in [-0.4, -0.2) is 24.3 Å². The Kier molecular flexibility index (Phi) is 9.51. The molecule has 0 aromatic heterocycles. The second-order valence-corrected chi connectivity index (χ2v) is 6.99. The third-order valence-electron chi connectivity index (χ3n) is 4.23. The molecule has 0 radical (unpaired) electrons. The fourth-order valence-electron chi connectivity index (χ4n) is 3.14. The van der Waals surface area contributed by atoms with Gasteiger partial charge in [0.05, 0.1) is 18.0 Å². The maximum absolute atomic E-state index is 4.66. The van der Waals surface area contributed by atoms with Crippen LogP contribution in [0.2, 0.25) is 0 Å². The Balaban J connectivity index is 2.69. The van der Waals surface area contributed by atoms with Crippen molar-refractivity contribution in [1.29, 1.82) is 0 Å². The van der Waals surface area contributed by atoms with E-state index in [0.717, 1.165) is 43.6 Å². The van der Waals surface area contributed by atoms with Gasteiger partial charge in [0.15, 0.2) is 0 Å². The van der Waals surface area contributed by atoms with Crippen molar-refractivity contribution in [2.45, 2.75) is 85.2 Å². The molecule has 3 nitrogen and oxygen atoms in total. The molecular weight excluding hydrogens is 294 g/mol. The number of aliphatic imine (C=N–C) groups is 1. The lowest BCUT2D eigenvalue weighted by Gasteiger charge is -2.24. The van der Waals surface area contributed by atoms with E-state index in [1.807, 2.05) is 0 Å². The highest BCUT2D eigenvalue weighted by Gasteiger charge is 2.16. The van der Waals surface area contributed by atoms with E-state index in [-0.39, 0.29) is 0 Å². The van der Waals surface area contributed by atoms with Gasteiger partial charge in [-0.1, -0.05) is 46.3 Å². The Labute approximate surface area is 149 Å². The highest BCUT2D eigenvalue weighted by atomic mass is 15.0. The molecule has 1 aliphatic heterocycles. The molecule has 0 amide bonds. The second kappa shape index (κ2) is 11.1. The van der Waals surface area contributed by atoms with Crippen LogP contribution in [0, 0.1) is 0 Å². The Bertz CT molecular complexity index is 485. The van der Waals surface area contributed by atoms with Crippen LogP contribution in [0.1, 0.15) is 73.1 Å². The number of nitrogens with zero attached hydrogens (tertiary/aromatic N) is 1. The van der Waals surface area contributed by atoms with Gasteiger partial charge >= 0.3 is 0 Å². The van der Waals surface area contributed by atoms with E-state index in [0.29, 0.717) is 12.1 Å². The van der Waals surface area contributed by atoms with E-state index in [1.165, 1.54) is 24.1 Å². The minimum atomic E-state index is 0.402. The summed E-state index contributed by atoms with van der Waals surface area (Å²) in [6.45, 7) is 16.1. The molecule has 136 valence electrons. The number of allylic oxidation sites excluding steroid dienone is 2. The standard InChI is InChI=1S/C21H37N3/c1-7-10-17(5)23-18(6)14-19(11-8-2)24-20(12-9-3)21-13-16(4)15-22-21/h12-13,17,19,23-24H,6-11,14-15H2,1-5H3/b20-12+. The minimum Gasteiger partial charge on any atom is -0.386 e. The van der Waals surface area contributed by atoms with Crippen LogP contribution < -0.4 is 10.6 Å². The van der Waals surface area contributed by atoms with Gasteiger partial charge in [0, 0.05) is 24.2 Å². The van der Waals surface area contributed by atoms with Gasteiger partial charge in [-0.2, -0.15) is 0 Å². The van der Waals surface area contributed by atoms with E-state index < -0.39 is 0 Å². The summed E-state index contributed by atoms with van der Waals surface area (Å²) in [5.41, 5.74) is 4.76. The fraction of sp³-hybridized carbons (Fsp3) is 0.667. The summed E-state index contributed by atoms with van der Waals surface area (Å²) in [7, 11) is 0. The molecule has 0 saturated carbocycles. The monoisotopic (exact) mass is 331 g/mol. The SMILES string of the molecule is C=C(CC(CCC)N/C(=C/CC)C1=NCC(C)=C1)NC(C)CCC. The third kappa shape index (κ3) is 7.37. The van der Waals surface area contributed by atoms with Crippen LogP contribution in [0.5, 0.6) is 0 Å². The van der Waals surface area contributed by atoms with Crippen molar-refractivity contribution in [1.82, 2.24) is 10.6 Å². The van der Waals surface area contributed by atoms with Crippen LogP contribution >= 0.6 is 0 Å². The molecule has 3 heteroatoms. The lowest BCUT2D eigenvalue weighted by atomic mass is 10.0. The van der Waals surface area contributed by atoms with Crippen LogP contribution in [0.25, 0.3) is 0 Å². The minimum absolute atomic E-state index is 0.402. The lowest BCUT2D eigenvalue weighted by molar-refractivity contribution is 0.483. The molecule has 0 aromatic carbocycles. The van der Waals surface area contributed by atoms with Crippen molar-refractivity contribution in [3.63, 3.8) is 0 Å². The summed E-state index contributed by atoms with van der Waals surface area (Å²) < 4.78 is 0. The average Bonchev–Trinajstić information content (AvgIpc) is 2.93. The fourth-order valence-corrected chi connectivity index (χ4v) is 3.14. The summed E-state index contributed by atoms with van der Waals surface area (Å²) in [5, 5.41) is 7.29. The van der Waals surface area contributed by atoms with Crippen molar-refractivity contribution in [2.24, 2.45) is 4.99 Å². The number of nitrogens with one attached hydrogen (secondary N) is 2. The predicted octanol–water partition coefficient (Wildman–Crippen LogP) is 5.12. The van der Waals surface area contributed by atoms with Crippen molar-refractivity contribution in [2.75, 3.05) is 6.54 Å². The molecule has 2 N–H and O–H groups in total. The van der Waals surface area contributed by atoms with Gasteiger partial charge in [-0.05, 0) is 44.8 Å². The maximum Gasteiger partial charge on any atom is 0.0806 e. The number of rotatable bonds is 12. The van der Waals surface area contributed by atoms with E-state index in [4.69, 9.17) is 0 Å². The Hall–Kier alpha value is -1.51. The highest BCUT2D eigenvalue weighted by molar-refractivity contribution is 6.09. The highest BCUT2D eigenvalue weighted by Crippen LogP contribution is 2.15. The maximum atomic E-state index is 4.66. The van der Waals surface area contributed by atoms with Gasteiger partial charge in [-0.3, -0.25) is 4.99 Å². The summed E-state index contributed by atoms with van der Waals surface area (Å²) in [6, 6.07) is 0.902. The zero-order valence-corrected chi connectivity index (χ0v) is 16.4. The number of hydrogen-bond donors (Lipinski definition) is 2. The van der Waals surface area contributed by atoms with Gasteiger partial charge in [-0.25, -0.2) is 0 Å². The first-order valence-electron chi connectivity index (χ1n) is 9.63. The molecule has 1 rings (SSSR count). The van der Waals surface area contributed by atoms with Gasteiger partial charge in [0.2, 0.25) is 0 Å². The molecule has 0 fully saturated rings. The molecule has 0 aliphatic carbocycles. The zero-order chi connectivity index (χ0) is 17.9. The second-order valence-electron chi connectivity index (χ2n) is 6.99. The van der Waals surface area contributed by atoms with Gasteiger partial charge in [0.1, 0.15) is 0 Å². The molecule has 24 heavy (non-hydrogen) atoms. The molecule has 2 unspecified atom stereocenters. The Morgan fingerprint density at radius 3 is 2.50 bits per heavy atom. The average molecular weight is 332 g/mol. The van der Waals surface area contributed by atoms with E-state index >= 15 is 0 Å². The molecule has 0 aromatic rings. The molecule has 0 bridgehead atoms. The molecular formula is C21H37N3. The zero-order valence-electron chi connectivity index (χ0n) is 16.4. The van der Waals surface area contributed by atoms with E-state index in [9.17, 15) is 0 Å². The topological polar surface area (TPSA) is 36.4 Å². The van der Waals surface area contributed by atoms with Gasteiger partial charge in [0.25, 0.3) is 0 Å².